The number of hydrogen-bond acceptors (Lipinski definition) is 9. The molecule has 6 rings (SSSR count). The summed E-state index contributed by atoms with van der Waals surface area (Å²) in [7, 11) is 0. The Morgan fingerprint density at radius 2 is 1.70 bits per heavy atom. The van der Waals surface area contributed by atoms with Gasteiger partial charge in [0.05, 0.1) is 0 Å². The smallest absolute Gasteiger partial charge is 0.228 e. The minimum absolute atomic E-state index is 0.00425. The van der Waals surface area contributed by atoms with E-state index < -0.39 is 0 Å². The maximum atomic E-state index is 8.13. The van der Waals surface area contributed by atoms with Crippen LogP contribution in [0.3, 0.4) is 0 Å². The number of fused-ring (bicyclic) bond motifs is 4. The number of nitrogens with one attached hydrogen (secondary N) is 2. The molecule has 2 aromatic carbocycles. The van der Waals surface area contributed by atoms with E-state index in [1.54, 1.807) is 6.08 Å². The van der Waals surface area contributed by atoms with Crippen molar-refractivity contribution in [3.8, 4) is 17.2 Å². The van der Waals surface area contributed by atoms with Gasteiger partial charge in [0.15, 0.2) is 17.2 Å². The Morgan fingerprint density at radius 1 is 0.973 bits per heavy atom. The van der Waals surface area contributed by atoms with Crippen LogP contribution in [-0.4, -0.2) is 32.8 Å². The zero-order chi connectivity index (χ0) is 26.0. The highest BCUT2D eigenvalue weighted by atomic mass is 35.5. The molecule has 13 heteroatoms. The van der Waals surface area contributed by atoms with Crippen LogP contribution in [0, 0.1) is 18.3 Å². The topological polar surface area (TPSA) is 118 Å². The van der Waals surface area contributed by atoms with Crippen molar-refractivity contribution in [2.45, 2.75) is 32.5 Å². The summed E-state index contributed by atoms with van der Waals surface area (Å²) in [6, 6.07) is 3.46. The third kappa shape index (κ3) is 4.10. The van der Waals surface area contributed by atoms with E-state index in [2.05, 4.69) is 20.3 Å². The van der Waals surface area contributed by atoms with Gasteiger partial charge in [0.1, 0.15) is 38.6 Å². The molecular weight excluding hydrogens is 560 g/mol. The van der Waals surface area contributed by atoms with Gasteiger partial charge in [-0.25, -0.2) is 4.99 Å². The van der Waals surface area contributed by atoms with Crippen molar-refractivity contribution < 1.29 is 9.47 Å². The molecule has 1 aliphatic carbocycles. The zero-order valence-corrected chi connectivity index (χ0v) is 22.3. The zero-order valence-electron chi connectivity index (χ0n) is 19.3. The van der Waals surface area contributed by atoms with Crippen LogP contribution in [0.5, 0.6) is 17.2 Å². The third-order valence-electron chi connectivity index (χ3n) is 6.52. The molecule has 3 atom stereocenters. The van der Waals surface area contributed by atoms with Gasteiger partial charge >= 0.3 is 0 Å². The number of rotatable bonds is 3. The van der Waals surface area contributed by atoms with Crippen molar-refractivity contribution in [1.82, 2.24) is 15.0 Å². The van der Waals surface area contributed by atoms with Crippen LogP contribution in [0.1, 0.15) is 18.1 Å². The Morgan fingerprint density at radius 3 is 2.46 bits per heavy atom. The lowest BCUT2D eigenvalue weighted by Gasteiger charge is -2.35. The highest BCUT2D eigenvalue weighted by Gasteiger charge is 2.38. The summed E-state index contributed by atoms with van der Waals surface area (Å²) in [4.78, 5) is 21.3. The van der Waals surface area contributed by atoms with Crippen molar-refractivity contribution in [2.75, 3.05) is 5.32 Å². The van der Waals surface area contributed by atoms with E-state index in [9.17, 15) is 0 Å². The molecule has 9 nitrogen and oxygen atoms in total. The molecular formula is C24H17Cl4N7O2. The number of anilines is 1. The molecule has 0 fully saturated rings. The molecule has 0 spiro atoms. The summed E-state index contributed by atoms with van der Waals surface area (Å²) < 4.78 is 12.6. The third-order valence-corrected chi connectivity index (χ3v) is 7.56. The molecule has 0 bridgehead atoms. The highest BCUT2D eigenvalue weighted by Crippen LogP contribution is 2.42. The van der Waals surface area contributed by atoms with E-state index >= 15 is 0 Å². The average molecular weight is 577 g/mol. The molecule has 37 heavy (non-hydrogen) atoms. The van der Waals surface area contributed by atoms with Crippen LogP contribution >= 0.6 is 46.4 Å². The summed E-state index contributed by atoms with van der Waals surface area (Å²) >= 11 is 25.3. The molecule has 0 saturated heterocycles. The fourth-order valence-corrected chi connectivity index (χ4v) is 5.36. The van der Waals surface area contributed by atoms with E-state index in [0.717, 1.165) is 11.1 Å². The molecule has 2 N–H and O–H groups in total. The van der Waals surface area contributed by atoms with E-state index in [-0.39, 0.29) is 44.6 Å². The Bertz CT molecular complexity index is 1640. The van der Waals surface area contributed by atoms with Crippen molar-refractivity contribution in [3.63, 3.8) is 0 Å². The number of nitrogens with zero attached hydrogens (tertiary/aromatic N) is 5. The Hall–Kier alpha value is -2.98. The van der Waals surface area contributed by atoms with Gasteiger partial charge in [0.2, 0.25) is 16.5 Å². The minimum atomic E-state index is -0.347. The van der Waals surface area contributed by atoms with Gasteiger partial charge in [0.25, 0.3) is 0 Å². The Balaban J connectivity index is 1.39. The van der Waals surface area contributed by atoms with Crippen molar-refractivity contribution in [3.05, 3.63) is 66.7 Å². The SMILES string of the molecule is Cc1c(CNc2nc(Cl)nc(Cl)n2)ccc2c1Oc1c(Cl)c3c(c(Cl)c1=N2)OC1C(C=CC(=N)C1C)N=3. The van der Waals surface area contributed by atoms with Crippen LogP contribution in [0.15, 0.2) is 34.3 Å². The predicted octanol–water partition coefficient (Wildman–Crippen LogP) is 5.44. The molecule has 0 saturated carbocycles. The predicted molar refractivity (Wildman–Crippen MR) is 141 cm³/mol. The summed E-state index contributed by atoms with van der Waals surface area (Å²) in [5, 5.41) is 12.5. The van der Waals surface area contributed by atoms with Crippen LogP contribution in [0.25, 0.3) is 0 Å². The first-order chi connectivity index (χ1) is 17.7. The second-order valence-electron chi connectivity index (χ2n) is 8.75. The maximum Gasteiger partial charge on any atom is 0.228 e. The monoisotopic (exact) mass is 575 g/mol. The lowest BCUT2D eigenvalue weighted by Crippen LogP contribution is -2.46. The first-order valence-electron chi connectivity index (χ1n) is 11.2. The first-order valence-corrected chi connectivity index (χ1v) is 12.7. The van der Waals surface area contributed by atoms with Crippen LogP contribution in [0.2, 0.25) is 20.6 Å². The minimum Gasteiger partial charge on any atom is -0.483 e. The number of hydrogen-bond donors (Lipinski definition) is 2. The first kappa shape index (κ1) is 24.4. The molecule has 1 aromatic heterocycles. The molecule has 0 radical (unpaired) electrons. The molecule has 2 aliphatic heterocycles. The van der Waals surface area contributed by atoms with Gasteiger partial charge in [0, 0.05) is 18.2 Å². The fourth-order valence-electron chi connectivity index (χ4n) is 4.48. The lowest BCUT2D eigenvalue weighted by atomic mass is 9.87. The van der Waals surface area contributed by atoms with Crippen LogP contribution in [-0.2, 0) is 6.54 Å². The van der Waals surface area contributed by atoms with E-state index in [1.165, 1.54) is 0 Å². The molecule has 3 aliphatic rings. The van der Waals surface area contributed by atoms with Gasteiger partial charge < -0.3 is 20.2 Å². The normalized spacial score (nSPS) is 20.8. The highest BCUT2D eigenvalue weighted by molar-refractivity contribution is 6.35. The molecule has 188 valence electrons. The summed E-state index contributed by atoms with van der Waals surface area (Å²) in [6.45, 7) is 4.22. The van der Waals surface area contributed by atoms with Gasteiger partial charge in [-0.15, -0.1) is 0 Å². The van der Waals surface area contributed by atoms with E-state index in [1.807, 2.05) is 32.1 Å². The summed E-state index contributed by atoms with van der Waals surface area (Å²) in [5.74, 6) is 1.32. The number of halogens is 4. The van der Waals surface area contributed by atoms with E-state index in [0.29, 0.717) is 45.9 Å². The summed E-state index contributed by atoms with van der Waals surface area (Å²) in [5.41, 5.74) is 2.82. The molecule has 0 amide bonds. The Labute approximate surface area is 230 Å². The van der Waals surface area contributed by atoms with Gasteiger partial charge in [-0.05, 0) is 53.4 Å². The standard InChI is InChI=1S/C24H17Cl4N7O2/c1-8-10(7-30-24-34-22(27)33-23(28)35-24)3-5-12-18(8)36-20-14(25)17-21(15(26)16(20)31-12)37-19-9(2)11(29)4-6-13(19)32-17/h3-6,9,13,19,29H,7H2,1-2H3,(H,30,33,34,35). The van der Waals surface area contributed by atoms with Gasteiger partial charge in [-0.3, -0.25) is 4.99 Å². The van der Waals surface area contributed by atoms with Gasteiger partial charge in [-0.1, -0.05) is 42.3 Å². The second-order valence-corrected chi connectivity index (χ2v) is 10.2. The number of aromatic nitrogens is 3. The van der Waals surface area contributed by atoms with E-state index in [4.69, 9.17) is 71.3 Å². The lowest BCUT2D eigenvalue weighted by molar-refractivity contribution is 0.141. The number of ether oxygens (including phenoxy) is 2. The molecule has 3 aromatic rings. The fraction of sp³-hybridized carbons (Fsp3) is 0.250. The van der Waals surface area contributed by atoms with Crippen LogP contribution < -0.4 is 25.5 Å². The number of allylic oxidation sites excluding steroid dienone is 1. The number of benzene rings is 2. The largest absolute Gasteiger partial charge is 0.483 e. The average Bonchev–Trinajstić information content (AvgIpc) is 2.87. The van der Waals surface area contributed by atoms with Crippen molar-refractivity contribution in [2.24, 2.45) is 15.9 Å². The second kappa shape index (κ2) is 9.09. The van der Waals surface area contributed by atoms with Crippen molar-refractivity contribution >= 4 is 63.8 Å². The maximum absolute atomic E-state index is 8.13. The summed E-state index contributed by atoms with van der Waals surface area (Å²) in [6.07, 6.45) is 3.24. The Kier molecular flexibility index (Phi) is 5.99. The molecule has 3 heterocycles. The quantitative estimate of drug-likeness (QED) is 0.335. The van der Waals surface area contributed by atoms with Crippen molar-refractivity contribution in [1.29, 1.82) is 5.41 Å². The van der Waals surface area contributed by atoms with Crippen LogP contribution in [0.4, 0.5) is 11.6 Å². The van der Waals surface area contributed by atoms with Gasteiger partial charge in [-0.2, -0.15) is 15.0 Å². The molecule has 3 unspecified atom stereocenters.